The number of piperidine rings is 1. The van der Waals surface area contributed by atoms with E-state index in [1.165, 1.54) is 0 Å². The number of hydrogen-bond acceptors (Lipinski definition) is 4. The van der Waals surface area contributed by atoms with Crippen LogP contribution >= 0.6 is 0 Å². The van der Waals surface area contributed by atoms with E-state index < -0.39 is 18.2 Å². The van der Waals surface area contributed by atoms with Crippen LogP contribution in [0.5, 0.6) is 0 Å². The first-order valence-electron chi connectivity index (χ1n) is 7.06. The molecule has 0 radical (unpaired) electrons. The molecule has 2 fully saturated rings. The van der Waals surface area contributed by atoms with Gasteiger partial charge in [-0.15, -0.1) is 0 Å². The third-order valence-corrected chi connectivity index (χ3v) is 4.07. The number of nitrogens with zero attached hydrogens (tertiary/aromatic N) is 1. The fraction of sp³-hybridized carbons (Fsp3) is 0.846. The Morgan fingerprint density at radius 1 is 1.35 bits per heavy atom. The standard InChI is InChI=1S/C13H22N2O5/c1-8-4-5-15(7-10(8)16)13(19)14-6-9-2-3-11(20-9)12(17)18/h8-11,16H,2-7H2,1H3,(H,14,19)(H,17,18). The number of urea groups is 1. The summed E-state index contributed by atoms with van der Waals surface area (Å²) in [5, 5.41) is 21.3. The Morgan fingerprint density at radius 3 is 2.70 bits per heavy atom. The van der Waals surface area contributed by atoms with Crippen LogP contribution in [0.25, 0.3) is 0 Å². The second kappa shape index (κ2) is 6.41. The lowest BCUT2D eigenvalue weighted by atomic mass is 9.96. The molecule has 4 unspecified atom stereocenters. The van der Waals surface area contributed by atoms with Crippen LogP contribution in [0.15, 0.2) is 0 Å². The number of aliphatic hydroxyl groups excluding tert-OH is 1. The second-order valence-electron chi connectivity index (χ2n) is 5.63. The first-order chi connectivity index (χ1) is 9.47. The number of ether oxygens (including phenoxy) is 1. The largest absolute Gasteiger partial charge is 0.479 e. The topological polar surface area (TPSA) is 99.1 Å². The SMILES string of the molecule is CC1CCN(C(=O)NCC2CCC(C(=O)O)O2)CC1O. The molecule has 2 rings (SSSR count). The lowest BCUT2D eigenvalue weighted by Crippen LogP contribution is -2.50. The molecule has 2 aliphatic rings. The van der Waals surface area contributed by atoms with Gasteiger partial charge in [0.2, 0.25) is 0 Å². The van der Waals surface area contributed by atoms with Crippen LogP contribution < -0.4 is 5.32 Å². The van der Waals surface area contributed by atoms with E-state index in [0.717, 1.165) is 6.42 Å². The second-order valence-corrected chi connectivity index (χ2v) is 5.63. The van der Waals surface area contributed by atoms with Gasteiger partial charge in [0.15, 0.2) is 6.10 Å². The van der Waals surface area contributed by atoms with Gasteiger partial charge in [-0.1, -0.05) is 6.92 Å². The van der Waals surface area contributed by atoms with Crippen molar-refractivity contribution in [1.29, 1.82) is 0 Å². The van der Waals surface area contributed by atoms with Crippen LogP contribution in [-0.4, -0.2) is 65.1 Å². The summed E-state index contributed by atoms with van der Waals surface area (Å²) in [6.07, 6.45) is 0.430. The number of likely N-dealkylation sites (tertiary alicyclic amines) is 1. The minimum absolute atomic E-state index is 0.216. The van der Waals surface area contributed by atoms with E-state index in [0.29, 0.717) is 32.5 Å². The van der Waals surface area contributed by atoms with Crippen molar-refractivity contribution in [2.24, 2.45) is 5.92 Å². The average molecular weight is 286 g/mol. The fourth-order valence-electron chi connectivity index (χ4n) is 2.58. The smallest absolute Gasteiger partial charge is 0.332 e. The molecule has 2 saturated heterocycles. The highest BCUT2D eigenvalue weighted by Crippen LogP contribution is 2.20. The zero-order valence-electron chi connectivity index (χ0n) is 11.6. The Morgan fingerprint density at radius 2 is 2.10 bits per heavy atom. The number of aliphatic carboxylic acids is 1. The highest BCUT2D eigenvalue weighted by atomic mass is 16.5. The summed E-state index contributed by atoms with van der Waals surface area (Å²) in [4.78, 5) is 24.3. The molecule has 4 atom stereocenters. The molecule has 2 heterocycles. The van der Waals surface area contributed by atoms with Crippen molar-refractivity contribution in [2.45, 2.75) is 44.5 Å². The Bertz CT molecular complexity index is 376. The minimum Gasteiger partial charge on any atom is -0.479 e. The van der Waals surface area contributed by atoms with Crippen LogP contribution in [0, 0.1) is 5.92 Å². The third-order valence-electron chi connectivity index (χ3n) is 4.07. The highest BCUT2D eigenvalue weighted by molar-refractivity contribution is 5.74. The third kappa shape index (κ3) is 3.61. The minimum atomic E-state index is -0.952. The van der Waals surface area contributed by atoms with E-state index in [-0.39, 0.29) is 18.1 Å². The van der Waals surface area contributed by atoms with Gasteiger partial charge in [-0.3, -0.25) is 0 Å². The average Bonchev–Trinajstić information content (AvgIpc) is 2.88. The number of rotatable bonds is 3. The molecule has 114 valence electrons. The van der Waals surface area contributed by atoms with Crippen LogP contribution in [0.2, 0.25) is 0 Å². The zero-order valence-corrected chi connectivity index (χ0v) is 11.6. The summed E-state index contributed by atoms with van der Waals surface area (Å²) in [6, 6.07) is -0.224. The number of carbonyl (C=O) groups excluding carboxylic acids is 1. The molecule has 0 aliphatic carbocycles. The summed E-state index contributed by atoms with van der Waals surface area (Å²) in [5.74, 6) is -0.736. The normalized spacial score (nSPS) is 34.0. The van der Waals surface area contributed by atoms with Gasteiger partial charge in [0.05, 0.1) is 12.2 Å². The summed E-state index contributed by atoms with van der Waals surface area (Å²) in [6.45, 7) is 3.26. The van der Waals surface area contributed by atoms with Gasteiger partial charge in [-0.05, 0) is 25.2 Å². The Hall–Kier alpha value is -1.34. The van der Waals surface area contributed by atoms with E-state index in [9.17, 15) is 14.7 Å². The number of β-amino-alcohol motifs (C(OH)–C–C–N with tert-alkyl or cyclic N) is 1. The molecule has 2 amide bonds. The molecular formula is C13H22N2O5. The number of aliphatic hydroxyl groups is 1. The van der Waals surface area contributed by atoms with Crippen LogP contribution in [-0.2, 0) is 9.53 Å². The van der Waals surface area contributed by atoms with Crippen LogP contribution in [0.3, 0.4) is 0 Å². The summed E-state index contributed by atoms with van der Waals surface area (Å²) >= 11 is 0. The van der Waals surface area contributed by atoms with E-state index in [4.69, 9.17) is 9.84 Å². The van der Waals surface area contributed by atoms with Gasteiger partial charge >= 0.3 is 12.0 Å². The Kier molecular flexibility index (Phi) is 4.82. The quantitative estimate of drug-likeness (QED) is 0.680. The highest BCUT2D eigenvalue weighted by Gasteiger charge is 2.31. The molecule has 0 aromatic heterocycles. The molecule has 3 N–H and O–H groups in total. The first-order valence-corrected chi connectivity index (χ1v) is 7.06. The first kappa shape index (κ1) is 15.1. The predicted octanol–water partition coefficient (Wildman–Crippen LogP) is 0.0309. The van der Waals surface area contributed by atoms with Gasteiger partial charge in [0.1, 0.15) is 0 Å². The van der Waals surface area contributed by atoms with Gasteiger partial charge in [0, 0.05) is 19.6 Å². The molecule has 7 heteroatoms. The number of carboxylic acids is 1. The number of carbonyl (C=O) groups is 2. The molecular weight excluding hydrogens is 264 g/mol. The molecule has 20 heavy (non-hydrogen) atoms. The molecule has 0 aromatic carbocycles. The molecule has 0 aromatic rings. The van der Waals surface area contributed by atoms with E-state index >= 15 is 0 Å². The van der Waals surface area contributed by atoms with Crippen molar-refractivity contribution in [3.63, 3.8) is 0 Å². The summed E-state index contributed by atoms with van der Waals surface area (Å²) < 4.78 is 5.32. The van der Waals surface area contributed by atoms with Gasteiger partial charge in [-0.25, -0.2) is 9.59 Å². The maximum Gasteiger partial charge on any atom is 0.332 e. The summed E-state index contributed by atoms with van der Waals surface area (Å²) in [5.41, 5.74) is 0. The van der Waals surface area contributed by atoms with Crippen LogP contribution in [0.4, 0.5) is 4.79 Å². The number of carboxylic acid groups (broad SMARTS) is 1. The molecule has 0 saturated carbocycles. The van der Waals surface area contributed by atoms with Crippen LogP contribution in [0.1, 0.15) is 26.2 Å². The van der Waals surface area contributed by atoms with Gasteiger partial charge < -0.3 is 25.2 Å². The molecule has 0 bridgehead atoms. The monoisotopic (exact) mass is 286 g/mol. The Labute approximate surface area is 117 Å². The van der Waals surface area contributed by atoms with Gasteiger partial charge in [-0.2, -0.15) is 0 Å². The maximum atomic E-state index is 12.0. The van der Waals surface area contributed by atoms with Crippen molar-refractivity contribution < 1.29 is 24.5 Å². The predicted molar refractivity (Wildman–Crippen MR) is 70.3 cm³/mol. The van der Waals surface area contributed by atoms with Crippen molar-refractivity contribution in [3.05, 3.63) is 0 Å². The lowest BCUT2D eigenvalue weighted by Gasteiger charge is -2.34. The van der Waals surface area contributed by atoms with Gasteiger partial charge in [0.25, 0.3) is 0 Å². The number of hydrogen-bond donors (Lipinski definition) is 3. The van der Waals surface area contributed by atoms with E-state index in [2.05, 4.69) is 5.32 Å². The van der Waals surface area contributed by atoms with E-state index in [1.54, 1.807) is 4.90 Å². The summed E-state index contributed by atoms with van der Waals surface area (Å²) in [7, 11) is 0. The lowest BCUT2D eigenvalue weighted by molar-refractivity contribution is -0.149. The Balaban J connectivity index is 1.72. The zero-order chi connectivity index (χ0) is 14.7. The number of nitrogens with one attached hydrogen (secondary N) is 1. The van der Waals surface area contributed by atoms with Crippen molar-refractivity contribution in [2.75, 3.05) is 19.6 Å². The fourth-order valence-corrected chi connectivity index (χ4v) is 2.58. The maximum absolute atomic E-state index is 12.0. The molecule has 2 aliphatic heterocycles. The number of amides is 2. The molecule has 0 spiro atoms. The van der Waals surface area contributed by atoms with Crippen molar-refractivity contribution >= 4 is 12.0 Å². The van der Waals surface area contributed by atoms with E-state index in [1.807, 2.05) is 6.92 Å². The molecule has 7 nitrogen and oxygen atoms in total. The van der Waals surface area contributed by atoms with Crippen molar-refractivity contribution in [3.8, 4) is 0 Å². The van der Waals surface area contributed by atoms with Crippen molar-refractivity contribution in [1.82, 2.24) is 10.2 Å².